The highest BCUT2D eigenvalue weighted by Gasteiger charge is 2.36. The Morgan fingerprint density at radius 1 is 1.02 bits per heavy atom. The van der Waals surface area contributed by atoms with E-state index in [0.717, 1.165) is 35.2 Å². The molecule has 226 valence electrons. The maximum atomic E-state index is 13.8. The number of methoxy groups -OCH3 is 1. The number of hydrogen-bond acceptors (Lipinski definition) is 6. The summed E-state index contributed by atoms with van der Waals surface area (Å²) in [5, 5.41) is 5.39. The van der Waals surface area contributed by atoms with Gasteiger partial charge in [-0.25, -0.2) is 9.78 Å². The fourth-order valence-corrected chi connectivity index (χ4v) is 6.34. The molecule has 2 aromatic heterocycles. The van der Waals surface area contributed by atoms with Crippen molar-refractivity contribution in [3.63, 3.8) is 0 Å². The molecule has 1 N–H and O–H groups in total. The van der Waals surface area contributed by atoms with Crippen molar-refractivity contribution in [2.45, 2.75) is 57.5 Å². The molecule has 1 saturated carbocycles. The lowest BCUT2D eigenvalue weighted by atomic mass is 9.79. The minimum Gasteiger partial charge on any atom is -0.493 e. The zero-order valence-corrected chi connectivity index (χ0v) is 25.2. The number of fused-ring (bicyclic) bond motifs is 3. The van der Waals surface area contributed by atoms with Crippen LogP contribution in [0.2, 0.25) is 0 Å². The molecule has 0 saturated heterocycles. The first kappa shape index (κ1) is 28.0. The van der Waals surface area contributed by atoms with Gasteiger partial charge in [0.1, 0.15) is 24.4 Å². The number of rotatable bonds is 9. The molecular formula is C35H37N5O4. The van der Waals surface area contributed by atoms with Crippen molar-refractivity contribution in [3.05, 3.63) is 101 Å². The van der Waals surface area contributed by atoms with Gasteiger partial charge in [-0.15, -0.1) is 0 Å². The van der Waals surface area contributed by atoms with E-state index in [1.54, 1.807) is 18.1 Å². The molecule has 9 nitrogen and oxygen atoms in total. The number of hydrogen-bond donors (Lipinski definition) is 1. The average Bonchev–Trinajstić information content (AvgIpc) is 3.67. The maximum absolute atomic E-state index is 13.8. The van der Waals surface area contributed by atoms with Crippen molar-refractivity contribution in [2.75, 3.05) is 20.3 Å². The van der Waals surface area contributed by atoms with Gasteiger partial charge in [0.05, 0.1) is 13.7 Å². The van der Waals surface area contributed by atoms with Gasteiger partial charge in [0.2, 0.25) is 0 Å². The molecule has 0 bridgehead atoms. The number of carbonyl (C=O) groups is 1. The Bertz CT molecular complexity index is 1760. The molecule has 1 aliphatic carbocycles. The van der Waals surface area contributed by atoms with Gasteiger partial charge in [0.25, 0.3) is 0 Å². The second-order valence-electron chi connectivity index (χ2n) is 11.7. The highest BCUT2D eigenvalue weighted by Crippen LogP contribution is 2.43. The number of aryl methyl sites for hydroxylation is 2. The van der Waals surface area contributed by atoms with Crippen molar-refractivity contribution >= 4 is 17.0 Å². The molecule has 1 amide bonds. The summed E-state index contributed by atoms with van der Waals surface area (Å²) >= 11 is 0. The van der Waals surface area contributed by atoms with Crippen LogP contribution in [0.3, 0.4) is 0 Å². The Morgan fingerprint density at radius 2 is 1.86 bits per heavy atom. The van der Waals surface area contributed by atoms with Crippen LogP contribution in [0.25, 0.3) is 10.9 Å². The van der Waals surface area contributed by atoms with Crippen LogP contribution >= 0.6 is 0 Å². The first-order valence-electron chi connectivity index (χ1n) is 15.4. The van der Waals surface area contributed by atoms with Crippen LogP contribution in [0, 0.1) is 6.92 Å². The van der Waals surface area contributed by atoms with Crippen molar-refractivity contribution in [3.8, 4) is 17.2 Å². The third-order valence-corrected chi connectivity index (χ3v) is 8.95. The van der Waals surface area contributed by atoms with Crippen LogP contribution in [0.1, 0.15) is 65.6 Å². The summed E-state index contributed by atoms with van der Waals surface area (Å²) in [6, 6.07) is 19.9. The third kappa shape index (κ3) is 5.50. The zero-order chi connectivity index (χ0) is 30.0. The minimum absolute atomic E-state index is 0.383. The van der Waals surface area contributed by atoms with E-state index in [1.807, 2.05) is 54.3 Å². The molecular weight excluding hydrogens is 554 g/mol. The van der Waals surface area contributed by atoms with E-state index < -0.39 is 0 Å². The molecule has 5 aromatic rings. The van der Waals surface area contributed by atoms with E-state index in [9.17, 15) is 4.79 Å². The van der Waals surface area contributed by atoms with Crippen LogP contribution in [0.15, 0.2) is 73.3 Å². The van der Waals surface area contributed by atoms with Crippen LogP contribution in [-0.4, -0.2) is 51.0 Å². The first-order valence-corrected chi connectivity index (χ1v) is 15.4. The summed E-state index contributed by atoms with van der Waals surface area (Å²) in [6.07, 6.45) is 8.18. The van der Waals surface area contributed by atoms with E-state index in [4.69, 9.17) is 14.2 Å². The fraction of sp³-hybridized carbons (Fsp3) is 0.343. The smallest absolute Gasteiger partial charge is 0.416 e. The second-order valence-corrected chi connectivity index (χ2v) is 11.7. The normalized spacial score (nSPS) is 16.4. The molecule has 3 aromatic carbocycles. The van der Waals surface area contributed by atoms with E-state index in [0.29, 0.717) is 42.9 Å². The van der Waals surface area contributed by atoms with E-state index >= 15 is 0 Å². The van der Waals surface area contributed by atoms with E-state index in [-0.39, 0.29) is 12.1 Å². The molecule has 9 heteroatoms. The van der Waals surface area contributed by atoms with Crippen molar-refractivity contribution in [1.29, 1.82) is 0 Å². The Morgan fingerprint density at radius 3 is 2.61 bits per heavy atom. The maximum Gasteiger partial charge on any atom is 0.416 e. The minimum atomic E-state index is -0.384. The van der Waals surface area contributed by atoms with Gasteiger partial charge >= 0.3 is 6.09 Å². The topological polar surface area (TPSA) is 94.5 Å². The predicted octanol–water partition coefficient (Wildman–Crippen LogP) is 6.96. The SMILES string of the molecule is COc1cc(C2c3[nH]c4ccc(C5CCC5)cc4c3CCN2C(=O)Oc2ccc(C)cc2)ccc1OCCCn1cncn1. The van der Waals surface area contributed by atoms with Crippen molar-refractivity contribution in [1.82, 2.24) is 24.6 Å². The number of aromatic nitrogens is 4. The summed E-state index contributed by atoms with van der Waals surface area (Å²) < 4.78 is 19.6. The third-order valence-electron chi connectivity index (χ3n) is 8.95. The summed E-state index contributed by atoms with van der Waals surface area (Å²) in [4.78, 5) is 23.3. The van der Waals surface area contributed by atoms with Crippen molar-refractivity contribution < 1.29 is 19.0 Å². The summed E-state index contributed by atoms with van der Waals surface area (Å²) in [5.74, 6) is 2.45. The average molecular weight is 592 g/mol. The van der Waals surface area contributed by atoms with Gasteiger partial charge in [0.15, 0.2) is 11.5 Å². The molecule has 0 radical (unpaired) electrons. The van der Waals surface area contributed by atoms with Crippen molar-refractivity contribution in [2.24, 2.45) is 0 Å². The molecule has 3 heterocycles. The quantitative estimate of drug-likeness (QED) is 0.186. The van der Waals surface area contributed by atoms with E-state index in [1.165, 1.54) is 42.1 Å². The molecule has 44 heavy (non-hydrogen) atoms. The Labute approximate surface area is 256 Å². The summed E-state index contributed by atoms with van der Waals surface area (Å²) in [7, 11) is 1.64. The lowest BCUT2D eigenvalue weighted by Crippen LogP contribution is -2.42. The summed E-state index contributed by atoms with van der Waals surface area (Å²) in [5.41, 5.74) is 6.81. The van der Waals surface area contributed by atoms with Gasteiger partial charge in [0, 0.05) is 36.1 Å². The lowest BCUT2D eigenvalue weighted by Gasteiger charge is -2.35. The monoisotopic (exact) mass is 591 g/mol. The molecule has 1 aliphatic heterocycles. The number of amides is 1. The van der Waals surface area contributed by atoms with Gasteiger partial charge in [-0.2, -0.15) is 5.10 Å². The number of aromatic amines is 1. The standard InChI is InChI=1S/C35H37N5O4/c1-23-7-11-27(12-8-23)44-35(41)40-17-15-28-29-19-25(24-5-3-6-24)9-13-30(29)38-33(28)34(40)26-10-14-31(32(20-26)42-2)43-18-4-16-39-22-36-21-37-39/h7-14,19-22,24,34,38H,3-6,15-18H2,1-2H3. The molecule has 0 spiro atoms. The number of benzene rings is 3. The first-order chi connectivity index (χ1) is 21.6. The highest BCUT2D eigenvalue weighted by molar-refractivity contribution is 5.87. The Hall–Kier alpha value is -4.79. The van der Waals surface area contributed by atoms with Gasteiger partial charge in [-0.05, 0) is 85.2 Å². The predicted molar refractivity (Wildman–Crippen MR) is 167 cm³/mol. The van der Waals surface area contributed by atoms with E-state index in [2.05, 4.69) is 33.3 Å². The highest BCUT2D eigenvalue weighted by atomic mass is 16.6. The molecule has 1 atom stereocenters. The molecule has 2 aliphatic rings. The second kappa shape index (κ2) is 12.1. The molecule has 1 fully saturated rings. The zero-order valence-electron chi connectivity index (χ0n) is 25.2. The number of ether oxygens (including phenoxy) is 3. The van der Waals surface area contributed by atoms with Crippen LogP contribution in [0.5, 0.6) is 17.2 Å². The largest absolute Gasteiger partial charge is 0.493 e. The van der Waals surface area contributed by atoms with Gasteiger partial charge < -0.3 is 19.2 Å². The summed E-state index contributed by atoms with van der Waals surface area (Å²) in [6.45, 7) is 3.76. The molecule has 1 unspecified atom stereocenters. The van der Waals surface area contributed by atoms with Crippen LogP contribution in [-0.2, 0) is 13.0 Å². The number of carbonyl (C=O) groups excluding carboxylic acids is 1. The Balaban J connectivity index is 1.21. The van der Waals surface area contributed by atoms with Gasteiger partial charge in [-0.3, -0.25) is 9.58 Å². The number of nitrogens with zero attached hydrogens (tertiary/aromatic N) is 4. The van der Waals surface area contributed by atoms with Gasteiger partial charge in [-0.1, -0.05) is 36.2 Å². The lowest BCUT2D eigenvalue weighted by molar-refractivity contribution is 0.135. The van der Waals surface area contributed by atoms with Crippen LogP contribution in [0.4, 0.5) is 4.79 Å². The number of nitrogens with one attached hydrogen (secondary N) is 1. The molecule has 7 rings (SSSR count). The Kier molecular flexibility index (Phi) is 7.68. The van der Waals surface area contributed by atoms with Crippen LogP contribution < -0.4 is 14.2 Å². The fourth-order valence-electron chi connectivity index (χ4n) is 6.34. The number of H-pyrrole nitrogens is 1.